The van der Waals surface area contributed by atoms with Gasteiger partial charge in [0.05, 0.1) is 6.04 Å². The van der Waals surface area contributed by atoms with Crippen LogP contribution >= 0.6 is 0 Å². The molecule has 1 heterocycles. The lowest BCUT2D eigenvalue weighted by Crippen LogP contribution is -2.55. The lowest BCUT2D eigenvalue weighted by atomic mass is 10.0. The zero-order valence-electron chi connectivity index (χ0n) is 14.6. The Kier molecular flexibility index (Phi) is 5.42. The Bertz CT molecular complexity index is 585. The molecule has 0 radical (unpaired) electrons. The number of nitrogens with one attached hydrogen (secondary N) is 2. The van der Waals surface area contributed by atoms with E-state index in [0.717, 1.165) is 12.1 Å². The molecule has 1 aromatic carbocycles. The summed E-state index contributed by atoms with van der Waals surface area (Å²) in [5, 5.41) is 5.81. The summed E-state index contributed by atoms with van der Waals surface area (Å²) in [6.07, 6.45) is 0.855. The van der Waals surface area contributed by atoms with Gasteiger partial charge in [0.1, 0.15) is 6.04 Å². The number of hydrogen-bond acceptors (Lipinski definition) is 3. The highest BCUT2D eigenvalue weighted by molar-refractivity contribution is 6.01. The van der Waals surface area contributed by atoms with Crippen molar-refractivity contribution in [2.45, 2.75) is 52.2 Å². The normalized spacial score (nSPS) is 19.4. The lowest BCUT2D eigenvalue weighted by Gasteiger charge is -2.30. The molecule has 0 fully saturated rings. The van der Waals surface area contributed by atoms with Gasteiger partial charge in [0, 0.05) is 11.7 Å². The molecule has 23 heavy (non-hydrogen) atoms. The lowest BCUT2D eigenvalue weighted by molar-refractivity contribution is -0.129. The molecule has 2 amide bonds. The Morgan fingerprint density at radius 1 is 1.22 bits per heavy atom. The van der Waals surface area contributed by atoms with E-state index < -0.39 is 6.04 Å². The van der Waals surface area contributed by atoms with Gasteiger partial charge in [-0.25, -0.2) is 0 Å². The fraction of sp³-hybridized carbons (Fsp3) is 0.556. The van der Waals surface area contributed by atoms with Crippen molar-refractivity contribution in [1.29, 1.82) is 0 Å². The van der Waals surface area contributed by atoms with Crippen molar-refractivity contribution in [2.75, 3.05) is 11.9 Å². The molecule has 2 rings (SSSR count). The molecule has 0 saturated carbocycles. The maximum absolute atomic E-state index is 13.1. The van der Waals surface area contributed by atoms with E-state index in [-0.39, 0.29) is 29.8 Å². The Hall–Kier alpha value is -1.88. The number of rotatable bonds is 5. The molecule has 1 aliphatic heterocycles. The highest BCUT2D eigenvalue weighted by Crippen LogP contribution is 2.32. The van der Waals surface area contributed by atoms with Crippen LogP contribution in [-0.4, -0.2) is 37.0 Å². The average Bonchev–Trinajstić information content (AvgIpc) is 2.86. The van der Waals surface area contributed by atoms with Crippen LogP contribution < -0.4 is 15.5 Å². The van der Waals surface area contributed by atoms with E-state index in [4.69, 9.17) is 0 Å². The molecule has 1 aliphatic rings. The van der Waals surface area contributed by atoms with Crippen molar-refractivity contribution in [3.05, 3.63) is 29.8 Å². The van der Waals surface area contributed by atoms with Gasteiger partial charge in [-0.3, -0.25) is 9.59 Å². The quantitative estimate of drug-likeness (QED) is 0.869. The van der Waals surface area contributed by atoms with Gasteiger partial charge in [-0.05, 0) is 44.9 Å². The number of carbonyl (C=O) groups is 2. The minimum absolute atomic E-state index is 0.0236. The van der Waals surface area contributed by atoms with Gasteiger partial charge < -0.3 is 15.5 Å². The van der Waals surface area contributed by atoms with Crippen LogP contribution in [-0.2, 0) is 16.0 Å². The van der Waals surface area contributed by atoms with Crippen molar-refractivity contribution in [2.24, 2.45) is 5.92 Å². The summed E-state index contributed by atoms with van der Waals surface area (Å²) in [5.74, 6) is -0.163. The SMILES string of the molecule is CN[C@@H](C)C(=O)NC(C(=O)N1c2ccccc2CC1C)C(C)C. The fourth-order valence-corrected chi connectivity index (χ4v) is 2.97. The van der Waals surface area contributed by atoms with Gasteiger partial charge in [0.25, 0.3) is 0 Å². The van der Waals surface area contributed by atoms with Gasteiger partial charge in [0.15, 0.2) is 0 Å². The molecule has 0 bridgehead atoms. The molecular weight excluding hydrogens is 290 g/mol. The first-order valence-electron chi connectivity index (χ1n) is 8.25. The third-order valence-electron chi connectivity index (χ3n) is 4.50. The summed E-state index contributed by atoms with van der Waals surface area (Å²) in [6.45, 7) is 7.75. The number of fused-ring (bicyclic) bond motifs is 1. The van der Waals surface area contributed by atoms with Crippen molar-refractivity contribution in [3.8, 4) is 0 Å². The first-order chi connectivity index (χ1) is 10.9. The monoisotopic (exact) mass is 317 g/mol. The summed E-state index contributed by atoms with van der Waals surface area (Å²) in [6, 6.07) is 7.25. The van der Waals surface area contributed by atoms with Crippen LogP contribution in [0.3, 0.4) is 0 Å². The third kappa shape index (κ3) is 3.55. The second-order valence-electron chi connectivity index (χ2n) is 6.63. The zero-order chi connectivity index (χ0) is 17.1. The minimum atomic E-state index is -0.521. The van der Waals surface area contributed by atoms with Crippen molar-refractivity contribution in [3.63, 3.8) is 0 Å². The van der Waals surface area contributed by atoms with Gasteiger partial charge in [-0.15, -0.1) is 0 Å². The topological polar surface area (TPSA) is 61.4 Å². The number of nitrogens with zero attached hydrogens (tertiary/aromatic N) is 1. The smallest absolute Gasteiger partial charge is 0.250 e. The number of carbonyl (C=O) groups excluding carboxylic acids is 2. The predicted molar refractivity (Wildman–Crippen MR) is 92.4 cm³/mol. The third-order valence-corrected chi connectivity index (χ3v) is 4.50. The van der Waals surface area contributed by atoms with Crippen LogP contribution in [0.1, 0.15) is 33.3 Å². The second-order valence-corrected chi connectivity index (χ2v) is 6.63. The van der Waals surface area contributed by atoms with Crippen LogP contribution in [0.2, 0.25) is 0 Å². The molecule has 126 valence electrons. The van der Waals surface area contributed by atoms with Crippen LogP contribution in [0.15, 0.2) is 24.3 Å². The number of benzene rings is 1. The van der Waals surface area contributed by atoms with Gasteiger partial charge in [0.2, 0.25) is 11.8 Å². The van der Waals surface area contributed by atoms with E-state index in [1.54, 1.807) is 14.0 Å². The van der Waals surface area contributed by atoms with E-state index >= 15 is 0 Å². The van der Waals surface area contributed by atoms with Gasteiger partial charge in [-0.1, -0.05) is 32.0 Å². The van der Waals surface area contributed by atoms with E-state index in [0.29, 0.717) is 0 Å². The summed E-state index contributed by atoms with van der Waals surface area (Å²) in [4.78, 5) is 27.1. The van der Waals surface area contributed by atoms with Crippen LogP contribution in [0, 0.1) is 5.92 Å². The Morgan fingerprint density at radius 2 is 1.87 bits per heavy atom. The van der Waals surface area contributed by atoms with Gasteiger partial charge in [-0.2, -0.15) is 0 Å². The number of amides is 2. The summed E-state index contributed by atoms with van der Waals surface area (Å²) in [5.41, 5.74) is 2.15. The number of likely N-dealkylation sites (N-methyl/N-ethyl adjacent to an activating group) is 1. The Morgan fingerprint density at radius 3 is 2.48 bits per heavy atom. The van der Waals surface area contributed by atoms with E-state index in [2.05, 4.69) is 16.7 Å². The first kappa shape index (κ1) is 17.5. The van der Waals surface area contributed by atoms with E-state index in [1.807, 2.05) is 43.9 Å². The predicted octanol–water partition coefficient (Wildman–Crippen LogP) is 1.71. The summed E-state index contributed by atoms with van der Waals surface area (Å²) in [7, 11) is 1.73. The molecule has 3 atom stereocenters. The van der Waals surface area contributed by atoms with Crippen molar-refractivity contribution >= 4 is 17.5 Å². The molecule has 0 aliphatic carbocycles. The van der Waals surface area contributed by atoms with Crippen molar-refractivity contribution in [1.82, 2.24) is 10.6 Å². The fourth-order valence-electron chi connectivity index (χ4n) is 2.97. The van der Waals surface area contributed by atoms with Crippen LogP contribution in [0.25, 0.3) is 0 Å². The number of para-hydroxylation sites is 1. The van der Waals surface area contributed by atoms with Crippen LogP contribution in [0.5, 0.6) is 0 Å². The van der Waals surface area contributed by atoms with E-state index in [1.165, 1.54) is 5.56 Å². The first-order valence-corrected chi connectivity index (χ1v) is 8.25. The molecule has 5 nitrogen and oxygen atoms in total. The molecule has 2 unspecified atom stereocenters. The molecule has 2 N–H and O–H groups in total. The number of anilines is 1. The Balaban J connectivity index is 2.23. The summed E-state index contributed by atoms with van der Waals surface area (Å²) >= 11 is 0. The molecular formula is C18H27N3O2. The van der Waals surface area contributed by atoms with Crippen molar-refractivity contribution < 1.29 is 9.59 Å². The Labute approximate surface area is 138 Å². The summed E-state index contributed by atoms with van der Waals surface area (Å²) < 4.78 is 0. The van der Waals surface area contributed by atoms with Gasteiger partial charge >= 0.3 is 0 Å². The largest absolute Gasteiger partial charge is 0.343 e. The zero-order valence-corrected chi connectivity index (χ0v) is 14.6. The second kappa shape index (κ2) is 7.13. The molecule has 1 aromatic rings. The average molecular weight is 317 g/mol. The highest BCUT2D eigenvalue weighted by Gasteiger charge is 2.36. The molecule has 0 spiro atoms. The van der Waals surface area contributed by atoms with E-state index in [9.17, 15) is 9.59 Å². The van der Waals surface area contributed by atoms with Crippen LogP contribution in [0.4, 0.5) is 5.69 Å². The number of hydrogen-bond donors (Lipinski definition) is 2. The highest BCUT2D eigenvalue weighted by atomic mass is 16.2. The molecule has 0 saturated heterocycles. The standard InChI is InChI=1S/C18H27N3O2/c1-11(2)16(20-17(22)13(4)19-5)18(23)21-12(3)10-14-8-6-7-9-15(14)21/h6-9,11-13,16,19H,10H2,1-5H3,(H,20,22)/t12?,13-,16?/m0/s1. The maximum Gasteiger partial charge on any atom is 0.250 e. The molecule has 5 heteroatoms. The molecule has 0 aromatic heterocycles. The minimum Gasteiger partial charge on any atom is -0.343 e. The maximum atomic E-state index is 13.1.